The van der Waals surface area contributed by atoms with Crippen molar-refractivity contribution < 1.29 is 62.3 Å². The molecule has 55 heavy (non-hydrogen) atoms. The fraction of sp³-hybridized carbons (Fsp3) is 0.476. The molecule has 1 N–H and O–H groups in total. The zero-order valence-corrected chi connectivity index (χ0v) is 32.3. The number of hydrogen-bond acceptors (Lipinski definition) is 13. The molecule has 5 rings (SSSR count). The summed E-state index contributed by atoms with van der Waals surface area (Å²) in [6, 6.07) is 16.1. The average molecular weight is 761 g/mol. The maximum Gasteiger partial charge on any atom is 0.338 e. The molecule has 3 aliphatic rings. The topological polar surface area (TPSA) is 178 Å². The van der Waals surface area contributed by atoms with E-state index in [2.05, 4.69) is 6.58 Å². The largest absolute Gasteiger partial charge is 0.462 e. The molecule has 0 radical (unpaired) electrons. The Bertz CT molecular complexity index is 1890. The molecule has 0 aromatic heterocycles. The quantitative estimate of drug-likeness (QED) is 0.200. The third-order valence-corrected chi connectivity index (χ3v) is 11.3. The van der Waals surface area contributed by atoms with E-state index in [0.717, 1.165) is 6.92 Å². The number of aliphatic hydroxyl groups is 1. The Labute approximate surface area is 319 Å². The van der Waals surface area contributed by atoms with Crippen LogP contribution in [0, 0.1) is 16.7 Å². The highest BCUT2D eigenvalue weighted by Crippen LogP contribution is 2.66. The van der Waals surface area contributed by atoms with E-state index in [1.807, 2.05) is 0 Å². The minimum atomic E-state index is -1.91. The third-order valence-electron chi connectivity index (χ3n) is 11.3. The number of esters is 6. The molecule has 0 amide bonds. The summed E-state index contributed by atoms with van der Waals surface area (Å²) in [7, 11) is 0. The molecule has 13 nitrogen and oxygen atoms in total. The molecule has 2 aromatic carbocycles. The van der Waals surface area contributed by atoms with Gasteiger partial charge in [0.1, 0.15) is 24.4 Å². The number of fused-ring (bicyclic) bond motifs is 2. The van der Waals surface area contributed by atoms with E-state index in [-0.39, 0.29) is 35.1 Å². The molecule has 0 saturated heterocycles. The van der Waals surface area contributed by atoms with Crippen LogP contribution in [0.2, 0.25) is 0 Å². The van der Waals surface area contributed by atoms with Gasteiger partial charge in [0.25, 0.3) is 0 Å². The average Bonchev–Trinajstić information content (AvgIpc) is 3.36. The molecular formula is C42H48O13. The van der Waals surface area contributed by atoms with Crippen LogP contribution >= 0.6 is 0 Å². The van der Waals surface area contributed by atoms with E-state index >= 15 is 0 Å². The van der Waals surface area contributed by atoms with Gasteiger partial charge in [-0.2, -0.15) is 0 Å². The van der Waals surface area contributed by atoms with E-state index in [4.69, 9.17) is 28.4 Å². The molecule has 0 unspecified atom stereocenters. The van der Waals surface area contributed by atoms with Crippen LogP contribution in [0.3, 0.4) is 0 Å². The summed E-state index contributed by atoms with van der Waals surface area (Å²) < 4.78 is 36.9. The number of ether oxygens (including phenoxy) is 6. The SMILES string of the molecule is C=C1[C@@H](OC(C)=O)C[C@H](OC(C)=O)[C@]2(C)[C@H]1[C@H](OC(=O)c1ccccc1)[C@]1(C(C)(C)O)C[C@H](OC(C)=O)C(C)=C1[C@@H](OC(=O)c1ccccc1)[C@@H]2OC(C)=O. The molecule has 0 heterocycles. The Hall–Kier alpha value is -5.30. The van der Waals surface area contributed by atoms with E-state index in [1.54, 1.807) is 62.4 Å². The summed E-state index contributed by atoms with van der Waals surface area (Å²) in [6.45, 7) is 15.4. The van der Waals surface area contributed by atoms with E-state index in [9.17, 15) is 33.9 Å². The highest BCUT2D eigenvalue weighted by Gasteiger charge is 2.74. The summed E-state index contributed by atoms with van der Waals surface area (Å²) in [5.74, 6) is -5.79. The molecule has 9 atom stereocenters. The summed E-state index contributed by atoms with van der Waals surface area (Å²) in [5.41, 5.74) is -4.41. The van der Waals surface area contributed by atoms with Crippen LogP contribution < -0.4 is 0 Å². The highest BCUT2D eigenvalue weighted by molar-refractivity contribution is 5.90. The van der Waals surface area contributed by atoms with Gasteiger partial charge < -0.3 is 33.5 Å². The lowest BCUT2D eigenvalue weighted by molar-refractivity contribution is -0.209. The fourth-order valence-electron chi connectivity index (χ4n) is 9.00. The van der Waals surface area contributed by atoms with Gasteiger partial charge in [0.05, 0.1) is 27.6 Å². The Morgan fingerprint density at radius 2 is 1.16 bits per heavy atom. The lowest BCUT2D eigenvalue weighted by Gasteiger charge is -2.56. The summed E-state index contributed by atoms with van der Waals surface area (Å²) in [4.78, 5) is 80.0. The number of rotatable bonds is 9. The zero-order valence-electron chi connectivity index (χ0n) is 32.3. The standard InChI is InChI=1S/C42H48O13/c1-22-30(50-24(3)43)20-32(52-26(5)45)41(9)34(22)36(55-39(48)29-18-14-11-15-19-29)42(40(7,8)49)21-31(51-25(4)44)23(2)33(42)35(37(41)53-27(6)46)54-38(47)28-16-12-10-13-17-28/h10-19,30-32,34-37,49H,1,20-21H2,2-9H3/t30-,31-,32-,34+,35+,36-,37-,41+,42-/m0/s1. The second-order valence-electron chi connectivity index (χ2n) is 15.2. The Morgan fingerprint density at radius 3 is 1.64 bits per heavy atom. The Kier molecular flexibility index (Phi) is 11.5. The van der Waals surface area contributed by atoms with Crippen LogP contribution in [0.15, 0.2) is 84.0 Å². The van der Waals surface area contributed by atoms with Crippen molar-refractivity contribution in [1.29, 1.82) is 0 Å². The second kappa shape index (κ2) is 15.4. The maximum atomic E-state index is 14.4. The van der Waals surface area contributed by atoms with E-state index in [0.29, 0.717) is 5.57 Å². The van der Waals surface area contributed by atoms with Gasteiger partial charge in [-0.05, 0) is 61.8 Å². The highest BCUT2D eigenvalue weighted by atomic mass is 16.6. The first kappa shape index (κ1) is 40.9. The summed E-state index contributed by atoms with van der Waals surface area (Å²) in [6.07, 6.45) is -8.43. The van der Waals surface area contributed by atoms with Crippen molar-refractivity contribution in [2.45, 2.75) is 110 Å². The predicted molar refractivity (Wildman–Crippen MR) is 195 cm³/mol. The third kappa shape index (κ3) is 7.54. The van der Waals surface area contributed by atoms with Gasteiger partial charge in [-0.25, -0.2) is 9.59 Å². The van der Waals surface area contributed by atoms with Crippen molar-refractivity contribution in [3.63, 3.8) is 0 Å². The van der Waals surface area contributed by atoms with Crippen molar-refractivity contribution in [3.05, 3.63) is 95.1 Å². The smallest absolute Gasteiger partial charge is 0.338 e. The molecule has 0 bridgehead atoms. The van der Waals surface area contributed by atoms with Crippen LogP contribution in [0.1, 0.15) is 88.9 Å². The molecule has 294 valence electrons. The number of benzene rings is 2. The molecule has 13 heteroatoms. The van der Waals surface area contributed by atoms with Gasteiger partial charge in [0, 0.05) is 46.5 Å². The fourth-order valence-corrected chi connectivity index (χ4v) is 9.00. The lowest BCUT2D eigenvalue weighted by atomic mass is 9.54. The number of carbonyl (C=O) groups is 6. The first-order valence-corrected chi connectivity index (χ1v) is 18.1. The zero-order chi connectivity index (χ0) is 40.6. The Balaban J connectivity index is 1.95. The van der Waals surface area contributed by atoms with Gasteiger partial charge in [0.15, 0.2) is 12.2 Å². The van der Waals surface area contributed by atoms with Gasteiger partial charge in [-0.15, -0.1) is 0 Å². The van der Waals surface area contributed by atoms with Gasteiger partial charge in [-0.3, -0.25) is 19.2 Å². The van der Waals surface area contributed by atoms with Crippen molar-refractivity contribution in [1.82, 2.24) is 0 Å². The molecule has 0 aliphatic heterocycles. The van der Waals surface area contributed by atoms with E-state index < -0.39 is 94.8 Å². The minimum Gasteiger partial charge on any atom is -0.462 e. The van der Waals surface area contributed by atoms with E-state index in [1.165, 1.54) is 46.8 Å². The predicted octanol–water partition coefficient (Wildman–Crippen LogP) is 5.24. The monoisotopic (exact) mass is 760 g/mol. The maximum absolute atomic E-state index is 14.4. The summed E-state index contributed by atoms with van der Waals surface area (Å²) >= 11 is 0. The van der Waals surface area contributed by atoms with Gasteiger partial charge >= 0.3 is 35.8 Å². The molecule has 2 saturated carbocycles. The Morgan fingerprint density at radius 1 is 0.691 bits per heavy atom. The minimum absolute atomic E-state index is 0.142. The first-order chi connectivity index (χ1) is 25.7. The molecule has 2 fully saturated rings. The number of carbonyl (C=O) groups excluding carboxylic acids is 6. The number of hydrogen-bond donors (Lipinski definition) is 1. The van der Waals surface area contributed by atoms with Gasteiger partial charge in [0.2, 0.25) is 0 Å². The van der Waals surface area contributed by atoms with Crippen molar-refractivity contribution in [2.24, 2.45) is 16.7 Å². The molecule has 2 aromatic rings. The summed E-state index contributed by atoms with van der Waals surface area (Å²) in [5, 5.41) is 12.7. The van der Waals surface area contributed by atoms with Crippen LogP contribution in [0.5, 0.6) is 0 Å². The van der Waals surface area contributed by atoms with Gasteiger partial charge in [-0.1, -0.05) is 49.9 Å². The molecule has 3 aliphatic carbocycles. The first-order valence-electron chi connectivity index (χ1n) is 18.1. The molecule has 0 spiro atoms. The van der Waals surface area contributed by atoms with Crippen molar-refractivity contribution in [3.8, 4) is 0 Å². The molecular weight excluding hydrogens is 712 g/mol. The van der Waals surface area contributed by atoms with Crippen molar-refractivity contribution >= 4 is 35.8 Å². The second-order valence-corrected chi connectivity index (χ2v) is 15.2. The van der Waals surface area contributed by atoms with Crippen LogP contribution in [-0.4, -0.2) is 83.1 Å². The van der Waals surface area contributed by atoms with Crippen molar-refractivity contribution in [2.75, 3.05) is 0 Å². The lowest BCUT2D eigenvalue weighted by Crippen LogP contribution is -2.64. The normalized spacial score (nSPS) is 30.1. The van der Waals surface area contributed by atoms with Crippen LogP contribution in [0.4, 0.5) is 0 Å². The van der Waals surface area contributed by atoms with Crippen LogP contribution in [0.25, 0.3) is 0 Å². The van der Waals surface area contributed by atoms with Crippen LogP contribution in [-0.2, 0) is 47.6 Å².